The van der Waals surface area contributed by atoms with E-state index in [4.69, 9.17) is 11.5 Å². The van der Waals surface area contributed by atoms with Gasteiger partial charge in [0.2, 0.25) is 17.7 Å². The maximum absolute atomic E-state index is 13.3. The van der Waals surface area contributed by atoms with Crippen molar-refractivity contribution in [2.75, 3.05) is 25.1 Å². The van der Waals surface area contributed by atoms with Crippen molar-refractivity contribution in [2.24, 2.45) is 17.4 Å². The molecule has 0 bridgehead atoms. The number of rotatable bonds is 15. The molecule has 1 heterocycles. The number of thioether (sulfide) groups is 1. The van der Waals surface area contributed by atoms with Gasteiger partial charge in [0.25, 0.3) is 0 Å². The number of likely N-dealkylation sites (tertiary alicyclic amines) is 1. The highest BCUT2D eigenvalue weighted by molar-refractivity contribution is 7.98. The Bertz CT molecular complexity index is 665. The fourth-order valence-corrected chi connectivity index (χ4v) is 4.32. The van der Waals surface area contributed by atoms with E-state index in [1.165, 1.54) is 4.90 Å². The molecule has 5 unspecified atom stereocenters. The number of carboxylic acids is 1. The summed E-state index contributed by atoms with van der Waals surface area (Å²) in [7, 11) is 0. The Balaban J connectivity index is 2.89. The lowest BCUT2D eigenvalue weighted by Gasteiger charge is -2.30. The number of hydrogen-bond donors (Lipinski definition) is 5. The number of nitrogens with zero attached hydrogens (tertiary/aromatic N) is 1. The van der Waals surface area contributed by atoms with Gasteiger partial charge in [-0.15, -0.1) is 0 Å². The lowest BCUT2D eigenvalue weighted by atomic mass is 9.98. The van der Waals surface area contributed by atoms with Gasteiger partial charge in [-0.05, 0) is 56.6 Å². The molecule has 11 heteroatoms. The van der Waals surface area contributed by atoms with Gasteiger partial charge >= 0.3 is 5.97 Å². The van der Waals surface area contributed by atoms with E-state index in [1.54, 1.807) is 18.7 Å². The zero-order valence-electron chi connectivity index (χ0n) is 20.0. The van der Waals surface area contributed by atoms with Crippen LogP contribution in [0.5, 0.6) is 0 Å². The van der Waals surface area contributed by atoms with Crippen LogP contribution >= 0.6 is 11.8 Å². The van der Waals surface area contributed by atoms with Crippen LogP contribution in [0.3, 0.4) is 0 Å². The molecule has 3 amide bonds. The van der Waals surface area contributed by atoms with Gasteiger partial charge in [0.15, 0.2) is 0 Å². The van der Waals surface area contributed by atoms with Crippen LogP contribution in [0.25, 0.3) is 0 Å². The number of unbranched alkanes of at least 4 members (excludes halogenated alkanes) is 1. The molecule has 5 atom stereocenters. The molecule has 0 saturated carbocycles. The zero-order chi connectivity index (χ0) is 25.0. The van der Waals surface area contributed by atoms with E-state index in [-0.39, 0.29) is 11.8 Å². The fraction of sp³-hybridized carbons (Fsp3) is 0.818. The molecule has 1 aliphatic rings. The molecule has 0 aromatic heterocycles. The molecule has 0 aromatic rings. The number of nitrogens with one attached hydrogen (secondary N) is 2. The van der Waals surface area contributed by atoms with Crippen molar-refractivity contribution in [3.8, 4) is 0 Å². The molecule has 1 fully saturated rings. The molecule has 1 aliphatic heterocycles. The Labute approximate surface area is 200 Å². The number of carboxylic acid groups (broad SMARTS) is 1. The molecule has 33 heavy (non-hydrogen) atoms. The van der Waals surface area contributed by atoms with Crippen molar-refractivity contribution in [2.45, 2.75) is 83.0 Å². The first kappa shape index (κ1) is 29.2. The molecule has 10 nitrogen and oxygen atoms in total. The highest BCUT2D eigenvalue weighted by Gasteiger charge is 2.39. The molecule has 0 spiro atoms. The minimum atomic E-state index is -1.10. The van der Waals surface area contributed by atoms with Crippen molar-refractivity contribution < 1.29 is 24.3 Å². The van der Waals surface area contributed by atoms with Crippen LogP contribution in [0.4, 0.5) is 0 Å². The number of carbonyl (C=O) groups is 4. The summed E-state index contributed by atoms with van der Waals surface area (Å²) < 4.78 is 0. The predicted molar refractivity (Wildman–Crippen MR) is 130 cm³/mol. The summed E-state index contributed by atoms with van der Waals surface area (Å²) in [5.74, 6) is -1.89. The van der Waals surface area contributed by atoms with Gasteiger partial charge in [-0.1, -0.05) is 26.7 Å². The van der Waals surface area contributed by atoms with Crippen LogP contribution in [0.1, 0.15) is 58.8 Å². The van der Waals surface area contributed by atoms with Gasteiger partial charge in [-0.3, -0.25) is 14.4 Å². The van der Waals surface area contributed by atoms with Crippen LogP contribution < -0.4 is 22.1 Å². The standard InChI is InChI=1S/C22H41N5O5S/c1-4-14(2)18(22(31)32)26-20(29)17-9-7-12-27(17)21(30)16(10-13-33-3)25-19(28)15(24)8-5-6-11-23/h14-18H,4-13,23-24H2,1-3H3,(H,25,28)(H,26,29)(H,31,32). The van der Waals surface area contributed by atoms with E-state index in [9.17, 15) is 24.3 Å². The minimum Gasteiger partial charge on any atom is -0.480 e. The molecule has 7 N–H and O–H groups in total. The topological polar surface area (TPSA) is 168 Å². The number of amides is 3. The molecule has 0 radical (unpaired) electrons. The summed E-state index contributed by atoms with van der Waals surface area (Å²) in [6.07, 6.45) is 5.98. The Hall–Kier alpha value is -1.85. The molecule has 1 saturated heterocycles. The number of hydrogen-bond acceptors (Lipinski definition) is 7. The SMILES string of the molecule is CCC(C)C(NC(=O)C1CCCN1C(=O)C(CCSC)NC(=O)C(N)CCCCN)C(=O)O. The smallest absolute Gasteiger partial charge is 0.326 e. The summed E-state index contributed by atoms with van der Waals surface area (Å²) >= 11 is 1.55. The van der Waals surface area contributed by atoms with Crippen LogP contribution in [0, 0.1) is 5.92 Å². The Morgan fingerprint density at radius 2 is 1.88 bits per heavy atom. The quantitative estimate of drug-likeness (QED) is 0.205. The first-order valence-corrected chi connectivity index (χ1v) is 13.2. The Morgan fingerprint density at radius 1 is 1.18 bits per heavy atom. The molecule has 190 valence electrons. The van der Waals surface area contributed by atoms with Crippen LogP contribution in [0.15, 0.2) is 0 Å². The minimum absolute atomic E-state index is 0.244. The van der Waals surface area contributed by atoms with Crippen molar-refractivity contribution in [3.63, 3.8) is 0 Å². The van der Waals surface area contributed by atoms with Crippen molar-refractivity contribution in [3.05, 3.63) is 0 Å². The fourth-order valence-electron chi connectivity index (χ4n) is 3.85. The van der Waals surface area contributed by atoms with E-state index < -0.39 is 42.0 Å². The van der Waals surface area contributed by atoms with Crippen molar-refractivity contribution in [1.29, 1.82) is 0 Å². The normalized spacial score (nSPS) is 19.4. The monoisotopic (exact) mass is 487 g/mol. The third kappa shape index (κ3) is 9.13. The predicted octanol–water partition coefficient (Wildman–Crippen LogP) is 0.287. The average Bonchev–Trinajstić information content (AvgIpc) is 3.28. The second-order valence-corrected chi connectivity index (χ2v) is 9.62. The molecular weight excluding hydrogens is 446 g/mol. The van der Waals surface area contributed by atoms with E-state index in [2.05, 4.69) is 10.6 Å². The van der Waals surface area contributed by atoms with Gasteiger partial charge in [0, 0.05) is 6.54 Å². The van der Waals surface area contributed by atoms with Gasteiger partial charge in [-0.25, -0.2) is 4.79 Å². The third-order valence-electron chi connectivity index (χ3n) is 6.15. The average molecular weight is 488 g/mol. The Kier molecular flexibility index (Phi) is 13.4. The largest absolute Gasteiger partial charge is 0.480 e. The van der Waals surface area contributed by atoms with Crippen LogP contribution in [0.2, 0.25) is 0 Å². The molecule has 0 aromatic carbocycles. The Morgan fingerprint density at radius 3 is 2.45 bits per heavy atom. The molecular formula is C22H41N5O5S. The molecule has 0 aliphatic carbocycles. The maximum Gasteiger partial charge on any atom is 0.326 e. The van der Waals surface area contributed by atoms with Gasteiger partial charge < -0.3 is 32.1 Å². The number of nitrogens with two attached hydrogens (primary N) is 2. The van der Waals surface area contributed by atoms with Crippen molar-refractivity contribution >= 4 is 35.5 Å². The van der Waals surface area contributed by atoms with E-state index >= 15 is 0 Å². The van der Waals surface area contributed by atoms with Crippen LogP contribution in [-0.2, 0) is 19.2 Å². The summed E-state index contributed by atoms with van der Waals surface area (Å²) in [6, 6.07) is -3.29. The third-order valence-corrected chi connectivity index (χ3v) is 6.79. The first-order chi connectivity index (χ1) is 15.7. The van der Waals surface area contributed by atoms with E-state index in [0.29, 0.717) is 50.9 Å². The van der Waals surface area contributed by atoms with E-state index in [1.807, 2.05) is 13.2 Å². The first-order valence-electron chi connectivity index (χ1n) is 11.8. The molecule has 1 rings (SSSR count). The summed E-state index contributed by atoms with van der Waals surface area (Å²) in [5.41, 5.74) is 11.5. The van der Waals surface area contributed by atoms with Gasteiger partial charge in [0.05, 0.1) is 6.04 Å². The maximum atomic E-state index is 13.3. The lowest BCUT2D eigenvalue weighted by Crippen LogP contribution is -2.57. The zero-order valence-corrected chi connectivity index (χ0v) is 20.9. The number of aliphatic carboxylic acids is 1. The summed E-state index contributed by atoms with van der Waals surface area (Å²) in [6.45, 7) is 4.53. The van der Waals surface area contributed by atoms with E-state index in [0.717, 1.165) is 12.8 Å². The summed E-state index contributed by atoms with van der Waals surface area (Å²) in [5, 5.41) is 14.9. The highest BCUT2D eigenvalue weighted by Crippen LogP contribution is 2.21. The lowest BCUT2D eigenvalue weighted by molar-refractivity contribution is -0.146. The van der Waals surface area contributed by atoms with Crippen molar-refractivity contribution in [1.82, 2.24) is 15.5 Å². The number of carbonyl (C=O) groups excluding carboxylic acids is 3. The second-order valence-electron chi connectivity index (χ2n) is 8.63. The van der Waals surface area contributed by atoms with Gasteiger partial charge in [-0.2, -0.15) is 11.8 Å². The second kappa shape index (κ2) is 15.1. The highest BCUT2D eigenvalue weighted by atomic mass is 32.2. The van der Waals surface area contributed by atoms with Gasteiger partial charge in [0.1, 0.15) is 18.1 Å². The summed E-state index contributed by atoms with van der Waals surface area (Å²) in [4.78, 5) is 51.9. The van der Waals surface area contributed by atoms with Crippen LogP contribution in [-0.4, -0.2) is 83.0 Å².